The molecule has 1 heterocycles. The lowest BCUT2D eigenvalue weighted by Crippen LogP contribution is -2.43. The van der Waals surface area contributed by atoms with E-state index in [1.165, 1.54) is 9.71 Å². The number of benzene rings is 2. The van der Waals surface area contributed by atoms with Gasteiger partial charge in [-0.2, -0.15) is 4.31 Å². The average molecular weight is 415 g/mol. The monoisotopic (exact) mass is 414 g/mol. The maximum atomic E-state index is 12.9. The maximum absolute atomic E-state index is 12.9. The lowest BCUT2D eigenvalue weighted by molar-refractivity contribution is -0.123. The van der Waals surface area contributed by atoms with Crippen LogP contribution in [-0.2, 0) is 14.8 Å². The molecule has 6 nitrogen and oxygen atoms in total. The summed E-state index contributed by atoms with van der Waals surface area (Å²) in [6.45, 7) is 0.662. The number of para-hydroxylation sites is 2. The number of amides is 1. The average Bonchev–Trinajstić information content (AvgIpc) is 2.77. The molecule has 1 aliphatic rings. The van der Waals surface area contributed by atoms with E-state index in [4.69, 9.17) is 4.74 Å². The summed E-state index contributed by atoms with van der Waals surface area (Å²) in [6.07, 6.45) is 2.59. The van der Waals surface area contributed by atoms with Gasteiger partial charge in [-0.25, -0.2) is 8.42 Å². The first-order valence-electron chi connectivity index (χ1n) is 9.56. The molecule has 0 spiro atoms. The molecule has 2 aromatic rings. The van der Waals surface area contributed by atoms with Crippen LogP contribution in [-0.4, -0.2) is 45.9 Å². The van der Waals surface area contributed by atoms with Crippen LogP contribution in [0, 0.1) is 5.92 Å². The number of nitrogens with zero attached hydrogens (tertiary/aromatic N) is 2. The number of methoxy groups -OCH3 is 1. The smallest absolute Gasteiger partial charge is 0.236 e. The predicted molar refractivity (Wildman–Crippen MR) is 115 cm³/mol. The Morgan fingerprint density at radius 3 is 2.34 bits per heavy atom. The fourth-order valence-electron chi connectivity index (χ4n) is 3.47. The molecule has 0 saturated carbocycles. The van der Waals surface area contributed by atoms with Crippen LogP contribution in [0.15, 0.2) is 60.0 Å². The Kier molecular flexibility index (Phi) is 6.71. The van der Waals surface area contributed by atoms with Crippen molar-refractivity contribution in [3.8, 4) is 5.75 Å². The van der Waals surface area contributed by atoms with Crippen molar-refractivity contribution in [3.63, 3.8) is 0 Å². The fraction of sp³-hybridized carbons (Fsp3) is 0.318. The van der Waals surface area contributed by atoms with Gasteiger partial charge in [0.15, 0.2) is 0 Å². The van der Waals surface area contributed by atoms with Crippen LogP contribution in [0.25, 0.3) is 6.08 Å². The highest BCUT2D eigenvalue weighted by molar-refractivity contribution is 7.92. The first kappa shape index (κ1) is 21.1. The second kappa shape index (κ2) is 9.24. The summed E-state index contributed by atoms with van der Waals surface area (Å²) in [5.74, 6) is 0.398. The zero-order chi connectivity index (χ0) is 20.9. The minimum Gasteiger partial charge on any atom is -0.495 e. The van der Waals surface area contributed by atoms with Crippen molar-refractivity contribution in [2.24, 2.45) is 5.92 Å². The number of anilines is 1. The first-order chi connectivity index (χ1) is 13.9. The molecule has 7 heteroatoms. The summed E-state index contributed by atoms with van der Waals surface area (Å²) in [6, 6.07) is 16.7. The third-order valence-electron chi connectivity index (χ3n) is 5.17. The van der Waals surface area contributed by atoms with E-state index in [1.807, 2.05) is 54.6 Å². The Morgan fingerprint density at radius 2 is 1.69 bits per heavy atom. The topological polar surface area (TPSA) is 66.9 Å². The molecule has 0 radical (unpaired) electrons. The Balaban J connectivity index is 1.62. The van der Waals surface area contributed by atoms with Crippen LogP contribution in [0.2, 0.25) is 0 Å². The van der Waals surface area contributed by atoms with E-state index in [9.17, 15) is 13.2 Å². The highest BCUT2D eigenvalue weighted by Crippen LogP contribution is 2.30. The van der Waals surface area contributed by atoms with Crippen molar-refractivity contribution in [1.29, 1.82) is 0 Å². The molecular formula is C22H26N2O4S. The highest BCUT2D eigenvalue weighted by atomic mass is 32.2. The number of carbonyl (C=O) groups is 1. The molecular weight excluding hydrogens is 388 g/mol. The molecule has 3 rings (SSSR count). The van der Waals surface area contributed by atoms with Gasteiger partial charge in [0.1, 0.15) is 5.75 Å². The third-order valence-corrected chi connectivity index (χ3v) is 6.74. The zero-order valence-electron chi connectivity index (χ0n) is 16.7. The number of rotatable bonds is 6. The van der Waals surface area contributed by atoms with E-state index in [1.54, 1.807) is 25.1 Å². The van der Waals surface area contributed by atoms with Gasteiger partial charge in [0.25, 0.3) is 0 Å². The third kappa shape index (κ3) is 5.05. The van der Waals surface area contributed by atoms with Crippen LogP contribution < -0.4 is 9.64 Å². The largest absolute Gasteiger partial charge is 0.495 e. The van der Waals surface area contributed by atoms with Crippen LogP contribution in [0.3, 0.4) is 0 Å². The minimum absolute atomic E-state index is 0.0219. The van der Waals surface area contributed by atoms with Crippen LogP contribution in [0.5, 0.6) is 5.75 Å². The molecule has 1 saturated heterocycles. The van der Waals surface area contributed by atoms with Gasteiger partial charge in [-0.3, -0.25) is 4.79 Å². The van der Waals surface area contributed by atoms with Gasteiger partial charge >= 0.3 is 0 Å². The van der Waals surface area contributed by atoms with E-state index >= 15 is 0 Å². The molecule has 1 fully saturated rings. The number of carbonyl (C=O) groups excluding carboxylic acids is 1. The number of piperidine rings is 1. The lowest BCUT2D eigenvalue weighted by Gasteiger charge is -2.32. The molecule has 0 aliphatic carbocycles. The van der Waals surface area contributed by atoms with Gasteiger partial charge in [-0.1, -0.05) is 42.5 Å². The van der Waals surface area contributed by atoms with Gasteiger partial charge in [-0.15, -0.1) is 0 Å². The summed E-state index contributed by atoms with van der Waals surface area (Å²) in [5.41, 5.74) is 1.54. The van der Waals surface area contributed by atoms with Crippen molar-refractivity contribution in [2.75, 3.05) is 32.1 Å². The molecule has 0 atom stereocenters. The molecule has 1 amide bonds. The van der Waals surface area contributed by atoms with E-state index in [0.717, 1.165) is 5.56 Å². The highest BCUT2D eigenvalue weighted by Gasteiger charge is 2.32. The van der Waals surface area contributed by atoms with Gasteiger partial charge < -0.3 is 9.64 Å². The number of hydrogen-bond acceptors (Lipinski definition) is 4. The quantitative estimate of drug-likeness (QED) is 0.727. The molecule has 1 aliphatic heterocycles. The zero-order valence-corrected chi connectivity index (χ0v) is 17.5. The Bertz CT molecular complexity index is 965. The SMILES string of the molecule is COc1ccccc1N(C)C(=O)C1CCN(S(=O)(=O)/C=C/c2ccccc2)CC1. The molecule has 29 heavy (non-hydrogen) atoms. The van der Waals surface area contributed by atoms with Crippen LogP contribution in [0.4, 0.5) is 5.69 Å². The molecule has 0 bridgehead atoms. The minimum atomic E-state index is -3.51. The lowest BCUT2D eigenvalue weighted by atomic mass is 9.96. The van der Waals surface area contributed by atoms with Crippen molar-refractivity contribution in [3.05, 3.63) is 65.6 Å². The predicted octanol–water partition coefficient (Wildman–Crippen LogP) is 3.37. The summed E-state index contributed by atoms with van der Waals surface area (Å²) < 4.78 is 32.0. The standard InChI is InChI=1S/C22H26N2O4S/c1-23(20-10-6-7-11-21(20)28-2)22(25)19-12-15-24(16-13-19)29(26,27)17-14-18-8-4-3-5-9-18/h3-11,14,17,19H,12-13,15-16H2,1-2H3/b17-14+. The Labute approximate surface area is 172 Å². The summed E-state index contributed by atoms with van der Waals surface area (Å²) in [7, 11) is -0.205. The molecule has 2 aromatic carbocycles. The second-order valence-corrected chi connectivity index (χ2v) is 8.82. The van der Waals surface area contributed by atoms with E-state index in [-0.39, 0.29) is 11.8 Å². The van der Waals surface area contributed by atoms with Gasteiger partial charge in [0.2, 0.25) is 15.9 Å². The number of hydrogen-bond donors (Lipinski definition) is 0. The summed E-state index contributed by atoms with van der Waals surface area (Å²) in [4.78, 5) is 14.5. The van der Waals surface area contributed by atoms with Gasteiger partial charge in [0.05, 0.1) is 12.8 Å². The first-order valence-corrected chi connectivity index (χ1v) is 11.1. The summed E-state index contributed by atoms with van der Waals surface area (Å²) in [5, 5.41) is 1.24. The maximum Gasteiger partial charge on any atom is 0.236 e. The van der Waals surface area contributed by atoms with Crippen molar-refractivity contribution in [1.82, 2.24) is 4.31 Å². The van der Waals surface area contributed by atoms with Crippen molar-refractivity contribution >= 4 is 27.7 Å². The van der Waals surface area contributed by atoms with E-state index < -0.39 is 10.0 Å². The van der Waals surface area contributed by atoms with E-state index in [0.29, 0.717) is 37.4 Å². The van der Waals surface area contributed by atoms with Crippen LogP contribution in [0.1, 0.15) is 18.4 Å². The molecule has 0 N–H and O–H groups in total. The van der Waals surface area contributed by atoms with E-state index in [2.05, 4.69) is 0 Å². The van der Waals surface area contributed by atoms with Crippen molar-refractivity contribution < 1.29 is 17.9 Å². The number of ether oxygens (including phenoxy) is 1. The second-order valence-electron chi connectivity index (χ2n) is 7.00. The number of sulfonamides is 1. The van der Waals surface area contributed by atoms with Crippen molar-refractivity contribution in [2.45, 2.75) is 12.8 Å². The van der Waals surface area contributed by atoms with Gasteiger partial charge in [0, 0.05) is 31.5 Å². The molecule has 0 unspecified atom stereocenters. The Hall–Kier alpha value is -2.64. The summed E-state index contributed by atoms with van der Waals surface area (Å²) >= 11 is 0. The molecule has 0 aromatic heterocycles. The Morgan fingerprint density at radius 1 is 1.07 bits per heavy atom. The van der Waals surface area contributed by atoms with Gasteiger partial charge in [-0.05, 0) is 36.6 Å². The molecule has 154 valence electrons. The van der Waals surface area contributed by atoms with Crippen LogP contribution >= 0.6 is 0 Å². The normalized spacial score (nSPS) is 16.1. The fourth-order valence-corrected chi connectivity index (χ4v) is 4.69.